The monoisotopic (exact) mass is 277 g/mol. The van der Waals surface area contributed by atoms with Gasteiger partial charge in [0, 0.05) is 0 Å². The summed E-state index contributed by atoms with van der Waals surface area (Å²) in [6.45, 7) is 0. The van der Waals surface area contributed by atoms with Crippen molar-refractivity contribution in [3.63, 3.8) is 0 Å². The largest absolute Gasteiger partial charge is 0.493 e. The minimum absolute atomic E-state index is 0.291. The smallest absolute Gasteiger partial charge is 0.400 e. The van der Waals surface area contributed by atoms with Crippen molar-refractivity contribution in [2.24, 2.45) is 11.7 Å². The first kappa shape index (κ1) is 15.1. The van der Waals surface area contributed by atoms with Gasteiger partial charge in [0.25, 0.3) is 0 Å². The first-order valence-corrected chi connectivity index (χ1v) is 5.36. The Bertz CT molecular complexity index is 460. The van der Waals surface area contributed by atoms with Crippen molar-refractivity contribution in [1.29, 1.82) is 0 Å². The molecule has 1 aromatic carbocycles. The predicted octanol–water partition coefficient (Wildman–Crippen LogP) is 1.91. The highest BCUT2D eigenvalue weighted by Crippen LogP contribution is 2.32. The number of hydrogen-bond donors (Lipinski definition) is 1. The standard InChI is InChI=1S/C12H14F3NO3/c1-18-9-4-3-7(6-10(9)19-2)5-8(11(16)17)12(13,14)15/h3-4,6,8H,5H2,1-2H3,(H2,16,17). The molecule has 0 saturated heterocycles. The summed E-state index contributed by atoms with van der Waals surface area (Å²) in [6, 6.07) is 4.30. The zero-order valence-corrected chi connectivity index (χ0v) is 10.5. The maximum Gasteiger partial charge on any atom is 0.400 e. The van der Waals surface area contributed by atoms with Crippen molar-refractivity contribution < 1.29 is 27.4 Å². The van der Waals surface area contributed by atoms with Gasteiger partial charge in [0.1, 0.15) is 5.92 Å². The molecule has 19 heavy (non-hydrogen) atoms. The van der Waals surface area contributed by atoms with E-state index in [2.05, 4.69) is 0 Å². The van der Waals surface area contributed by atoms with Gasteiger partial charge < -0.3 is 15.2 Å². The van der Waals surface area contributed by atoms with E-state index >= 15 is 0 Å². The van der Waals surface area contributed by atoms with Gasteiger partial charge in [-0.15, -0.1) is 0 Å². The molecule has 1 aromatic rings. The number of carbonyl (C=O) groups excluding carboxylic acids is 1. The summed E-state index contributed by atoms with van der Waals surface area (Å²) >= 11 is 0. The third-order valence-corrected chi connectivity index (χ3v) is 2.63. The predicted molar refractivity (Wildman–Crippen MR) is 62.0 cm³/mol. The number of methoxy groups -OCH3 is 2. The Hall–Kier alpha value is -1.92. The number of amides is 1. The topological polar surface area (TPSA) is 61.5 Å². The average molecular weight is 277 g/mol. The number of ether oxygens (including phenoxy) is 2. The molecule has 0 heterocycles. The van der Waals surface area contributed by atoms with Gasteiger partial charge in [0.2, 0.25) is 5.91 Å². The van der Waals surface area contributed by atoms with Gasteiger partial charge in [-0.1, -0.05) is 6.07 Å². The molecule has 106 valence electrons. The van der Waals surface area contributed by atoms with Crippen LogP contribution in [0.1, 0.15) is 5.56 Å². The fraction of sp³-hybridized carbons (Fsp3) is 0.417. The second kappa shape index (κ2) is 5.81. The van der Waals surface area contributed by atoms with Gasteiger partial charge in [-0.2, -0.15) is 13.2 Å². The van der Waals surface area contributed by atoms with Crippen LogP contribution < -0.4 is 15.2 Å². The molecular weight excluding hydrogens is 263 g/mol. The lowest BCUT2D eigenvalue weighted by atomic mass is 9.98. The van der Waals surface area contributed by atoms with Gasteiger partial charge in [-0.05, 0) is 24.1 Å². The molecule has 4 nitrogen and oxygen atoms in total. The van der Waals surface area contributed by atoms with Crippen molar-refractivity contribution in [3.05, 3.63) is 23.8 Å². The van der Waals surface area contributed by atoms with Crippen LogP contribution in [0.3, 0.4) is 0 Å². The van der Waals surface area contributed by atoms with Crippen LogP contribution in [0.2, 0.25) is 0 Å². The molecule has 0 spiro atoms. The summed E-state index contributed by atoms with van der Waals surface area (Å²) in [5.41, 5.74) is 5.07. The molecule has 1 unspecified atom stereocenters. The van der Waals surface area contributed by atoms with Crippen molar-refractivity contribution in [3.8, 4) is 11.5 Å². The van der Waals surface area contributed by atoms with E-state index in [4.69, 9.17) is 15.2 Å². The van der Waals surface area contributed by atoms with Crippen molar-refractivity contribution >= 4 is 5.91 Å². The summed E-state index contributed by atoms with van der Waals surface area (Å²) < 4.78 is 47.8. The number of rotatable bonds is 5. The first-order valence-electron chi connectivity index (χ1n) is 5.36. The normalized spacial score (nSPS) is 12.9. The van der Waals surface area contributed by atoms with Crippen molar-refractivity contribution in [1.82, 2.24) is 0 Å². The van der Waals surface area contributed by atoms with E-state index in [-0.39, 0.29) is 0 Å². The molecule has 1 amide bonds. The molecule has 1 rings (SSSR count). The van der Waals surface area contributed by atoms with Crippen molar-refractivity contribution in [2.75, 3.05) is 14.2 Å². The Labute approximate surface area is 108 Å². The number of hydrogen-bond acceptors (Lipinski definition) is 3. The lowest BCUT2D eigenvalue weighted by molar-refractivity contribution is -0.180. The fourth-order valence-corrected chi connectivity index (χ4v) is 1.62. The molecule has 0 aliphatic rings. The number of alkyl halides is 3. The molecule has 1 atom stereocenters. The molecule has 0 bridgehead atoms. The maximum absolute atomic E-state index is 12.6. The van der Waals surface area contributed by atoms with E-state index < -0.39 is 24.4 Å². The second-order valence-corrected chi connectivity index (χ2v) is 3.89. The minimum Gasteiger partial charge on any atom is -0.493 e. The van der Waals surface area contributed by atoms with Crippen LogP contribution in [-0.4, -0.2) is 26.3 Å². The minimum atomic E-state index is -4.67. The van der Waals surface area contributed by atoms with Gasteiger partial charge in [-0.3, -0.25) is 4.79 Å². The van der Waals surface area contributed by atoms with Crippen LogP contribution in [-0.2, 0) is 11.2 Å². The molecular formula is C12H14F3NO3. The Kier molecular flexibility index (Phi) is 4.63. The molecule has 0 aliphatic carbocycles. The quantitative estimate of drug-likeness (QED) is 0.894. The van der Waals surface area contributed by atoms with E-state index in [0.717, 1.165) is 0 Å². The number of benzene rings is 1. The van der Waals surface area contributed by atoms with Crippen LogP contribution in [0.15, 0.2) is 18.2 Å². The van der Waals surface area contributed by atoms with Gasteiger partial charge >= 0.3 is 6.18 Å². The summed E-state index contributed by atoms with van der Waals surface area (Å²) in [6.07, 6.45) is -5.20. The van der Waals surface area contributed by atoms with Gasteiger partial charge in [-0.25, -0.2) is 0 Å². The average Bonchev–Trinajstić information content (AvgIpc) is 2.33. The Balaban J connectivity index is 3.01. The zero-order valence-electron chi connectivity index (χ0n) is 10.5. The molecule has 0 fully saturated rings. The summed E-state index contributed by atoms with van der Waals surface area (Å²) in [7, 11) is 2.79. The lowest BCUT2D eigenvalue weighted by Crippen LogP contribution is -2.37. The second-order valence-electron chi connectivity index (χ2n) is 3.89. The highest BCUT2D eigenvalue weighted by molar-refractivity contribution is 5.77. The van der Waals surface area contributed by atoms with Crippen LogP contribution in [0.25, 0.3) is 0 Å². The number of halogens is 3. The summed E-state index contributed by atoms with van der Waals surface area (Å²) in [5.74, 6) is -2.92. The first-order chi connectivity index (χ1) is 8.79. The van der Waals surface area contributed by atoms with Crippen LogP contribution in [0.5, 0.6) is 11.5 Å². The van der Waals surface area contributed by atoms with Gasteiger partial charge in [0.05, 0.1) is 14.2 Å². The Morgan fingerprint density at radius 2 is 1.84 bits per heavy atom. The highest BCUT2D eigenvalue weighted by atomic mass is 19.4. The van der Waals surface area contributed by atoms with E-state index in [0.29, 0.717) is 17.1 Å². The van der Waals surface area contributed by atoms with E-state index in [1.54, 1.807) is 0 Å². The lowest BCUT2D eigenvalue weighted by Gasteiger charge is -2.17. The number of carbonyl (C=O) groups is 1. The Morgan fingerprint density at radius 1 is 1.26 bits per heavy atom. The van der Waals surface area contributed by atoms with Crippen molar-refractivity contribution in [2.45, 2.75) is 12.6 Å². The van der Waals surface area contributed by atoms with Crippen LogP contribution in [0, 0.1) is 5.92 Å². The number of primary amides is 1. The molecule has 0 aliphatic heterocycles. The van der Waals surface area contributed by atoms with Crippen LogP contribution >= 0.6 is 0 Å². The molecule has 7 heteroatoms. The molecule has 2 N–H and O–H groups in total. The molecule has 0 saturated carbocycles. The zero-order chi connectivity index (χ0) is 14.6. The van der Waals surface area contributed by atoms with E-state index in [1.807, 2.05) is 0 Å². The third kappa shape index (κ3) is 3.77. The summed E-state index contributed by atoms with van der Waals surface area (Å²) in [4.78, 5) is 10.9. The highest BCUT2D eigenvalue weighted by Gasteiger charge is 2.43. The van der Waals surface area contributed by atoms with Gasteiger partial charge in [0.15, 0.2) is 11.5 Å². The molecule has 0 radical (unpaired) electrons. The fourth-order valence-electron chi connectivity index (χ4n) is 1.62. The maximum atomic E-state index is 12.6. The summed E-state index contributed by atoms with van der Waals surface area (Å²) in [5, 5.41) is 0. The van der Waals surface area contributed by atoms with E-state index in [1.165, 1.54) is 32.4 Å². The number of nitrogens with two attached hydrogens (primary N) is 1. The molecule has 0 aromatic heterocycles. The van der Waals surface area contributed by atoms with Crippen LogP contribution in [0.4, 0.5) is 13.2 Å². The SMILES string of the molecule is COc1ccc(CC(C(N)=O)C(F)(F)F)cc1OC. The van der Waals surface area contributed by atoms with E-state index in [9.17, 15) is 18.0 Å². The Morgan fingerprint density at radius 3 is 2.26 bits per heavy atom. The third-order valence-electron chi connectivity index (χ3n) is 2.63.